The minimum atomic E-state index is -0.167. The van der Waals surface area contributed by atoms with Crippen molar-refractivity contribution < 1.29 is 60.9 Å². The molecular formula is C5H12KNO2. The smallest absolute Gasteiger partial charge is 0.661 e. The molecule has 0 amide bonds. The number of rotatable bonds is 4. The second-order valence-corrected chi connectivity index (χ2v) is 1.40. The van der Waals surface area contributed by atoms with Crippen LogP contribution < -0.4 is 51.4 Å². The molecule has 0 saturated heterocycles. The Labute approximate surface area is 98.9 Å². The molecule has 3 nitrogen and oxygen atoms in total. The van der Waals surface area contributed by atoms with E-state index in [-0.39, 0.29) is 57.7 Å². The van der Waals surface area contributed by atoms with Gasteiger partial charge in [0.2, 0.25) is 0 Å². The summed E-state index contributed by atoms with van der Waals surface area (Å²) < 4.78 is 9.65. The van der Waals surface area contributed by atoms with Crippen molar-refractivity contribution in [3.05, 3.63) is 5.32 Å². The molecule has 0 spiro atoms. The largest absolute Gasteiger partial charge is 1.00 e. The van der Waals surface area contributed by atoms with Crippen LogP contribution in [-0.4, -0.2) is 34.1 Å². The predicted molar refractivity (Wildman–Crippen MR) is 32.0 cm³/mol. The first kappa shape index (κ1) is 13.1. The molecule has 50 valence electrons. The Hall–Kier alpha value is 1.52. The van der Waals surface area contributed by atoms with Crippen LogP contribution in [0, 0.1) is 0 Å². The quantitative estimate of drug-likeness (QED) is 0.337. The maximum Gasteiger partial charge on any atom is 1.00 e. The average Bonchev–Trinajstić information content (AvgIpc) is 1.83. The van der Waals surface area contributed by atoms with Crippen molar-refractivity contribution in [2.75, 3.05) is 27.8 Å². The van der Waals surface area contributed by atoms with Crippen LogP contribution in [0.4, 0.5) is 0 Å². The molecular weight excluding hydrogens is 145 g/mol. The van der Waals surface area contributed by atoms with Crippen LogP contribution in [0.5, 0.6) is 0 Å². The Morgan fingerprint density at radius 3 is 1.89 bits per heavy atom. The SMILES string of the molecule is C[N-]CC(OC)OC.[K+]. The fraction of sp³-hybridized carbons (Fsp3) is 1.00. The van der Waals surface area contributed by atoms with Gasteiger partial charge in [-0.25, -0.2) is 0 Å². The van der Waals surface area contributed by atoms with E-state index in [1.54, 1.807) is 21.3 Å². The third-order valence-electron chi connectivity index (χ3n) is 0.857. The molecule has 0 aliphatic rings. The van der Waals surface area contributed by atoms with E-state index in [0.717, 1.165) is 0 Å². The first-order valence-electron chi connectivity index (χ1n) is 2.46. The molecule has 0 saturated carbocycles. The maximum atomic E-state index is 4.82. The van der Waals surface area contributed by atoms with Crippen molar-refractivity contribution in [2.24, 2.45) is 0 Å². The van der Waals surface area contributed by atoms with Gasteiger partial charge in [0, 0.05) is 14.2 Å². The standard InChI is InChI=1S/C5H12NO2.K/c1-6-4-5(7-2)8-3;/h5H,4H2,1-3H3;/q-1;+1. The van der Waals surface area contributed by atoms with E-state index in [4.69, 9.17) is 9.47 Å². The normalized spacial score (nSPS) is 9.33. The molecule has 4 heteroatoms. The van der Waals surface area contributed by atoms with Crippen LogP contribution in [0.15, 0.2) is 0 Å². The zero-order chi connectivity index (χ0) is 6.41. The van der Waals surface area contributed by atoms with Crippen molar-refractivity contribution in [1.29, 1.82) is 0 Å². The van der Waals surface area contributed by atoms with E-state index in [0.29, 0.717) is 6.54 Å². The van der Waals surface area contributed by atoms with Crippen molar-refractivity contribution in [3.8, 4) is 0 Å². The Bertz CT molecular complexity index is 50.2. The summed E-state index contributed by atoms with van der Waals surface area (Å²) in [5.74, 6) is 0. The van der Waals surface area contributed by atoms with Gasteiger partial charge in [0.05, 0.1) is 0 Å². The fourth-order valence-electron chi connectivity index (χ4n) is 0.394. The Morgan fingerprint density at radius 1 is 1.33 bits per heavy atom. The molecule has 0 N–H and O–H groups in total. The van der Waals surface area contributed by atoms with Crippen molar-refractivity contribution >= 4 is 0 Å². The number of likely N-dealkylation sites (N-methyl/N-ethyl adjacent to an activating group) is 1. The van der Waals surface area contributed by atoms with Crippen LogP contribution in [0.2, 0.25) is 0 Å². The van der Waals surface area contributed by atoms with Crippen LogP contribution in [0.25, 0.3) is 5.32 Å². The summed E-state index contributed by atoms with van der Waals surface area (Å²) in [6.07, 6.45) is -0.167. The van der Waals surface area contributed by atoms with Gasteiger partial charge in [-0.1, -0.05) is 6.54 Å². The van der Waals surface area contributed by atoms with Gasteiger partial charge in [-0.3, -0.25) is 0 Å². The summed E-state index contributed by atoms with van der Waals surface area (Å²) in [5, 5.41) is 3.83. The fourth-order valence-corrected chi connectivity index (χ4v) is 0.394. The van der Waals surface area contributed by atoms with Gasteiger partial charge in [0.15, 0.2) is 0 Å². The van der Waals surface area contributed by atoms with Crippen molar-refractivity contribution in [2.45, 2.75) is 6.29 Å². The van der Waals surface area contributed by atoms with Crippen LogP contribution >= 0.6 is 0 Å². The van der Waals surface area contributed by atoms with Gasteiger partial charge in [0.25, 0.3) is 0 Å². The third-order valence-corrected chi connectivity index (χ3v) is 0.857. The molecule has 0 bridgehead atoms. The Morgan fingerprint density at radius 2 is 1.78 bits per heavy atom. The number of ether oxygens (including phenoxy) is 2. The average molecular weight is 157 g/mol. The third kappa shape index (κ3) is 7.41. The second kappa shape index (κ2) is 9.52. The molecule has 0 aromatic rings. The Kier molecular flexibility index (Phi) is 13.9. The van der Waals surface area contributed by atoms with Gasteiger partial charge in [-0.05, 0) is 0 Å². The van der Waals surface area contributed by atoms with E-state index in [2.05, 4.69) is 5.32 Å². The molecule has 0 aliphatic carbocycles. The van der Waals surface area contributed by atoms with Gasteiger partial charge in [-0.15, -0.1) is 0 Å². The topological polar surface area (TPSA) is 32.6 Å². The molecule has 9 heavy (non-hydrogen) atoms. The van der Waals surface area contributed by atoms with Crippen LogP contribution in [-0.2, 0) is 9.47 Å². The summed E-state index contributed by atoms with van der Waals surface area (Å²) in [6.45, 7) is 0.604. The molecule has 0 aromatic carbocycles. The number of hydrogen-bond acceptors (Lipinski definition) is 2. The van der Waals surface area contributed by atoms with Gasteiger partial charge >= 0.3 is 51.4 Å². The summed E-state index contributed by atoms with van der Waals surface area (Å²) >= 11 is 0. The van der Waals surface area contributed by atoms with E-state index in [1.807, 2.05) is 0 Å². The molecule has 0 unspecified atom stereocenters. The van der Waals surface area contributed by atoms with Gasteiger partial charge < -0.3 is 14.8 Å². The first-order valence-corrected chi connectivity index (χ1v) is 2.46. The molecule has 0 fully saturated rings. The Balaban J connectivity index is 0. The monoisotopic (exact) mass is 157 g/mol. The van der Waals surface area contributed by atoms with E-state index < -0.39 is 0 Å². The van der Waals surface area contributed by atoms with Crippen LogP contribution in [0.1, 0.15) is 0 Å². The molecule has 0 aromatic heterocycles. The summed E-state index contributed by atoms with van der Waals surface area (Å²) in [7, 11) is 4.92. The van der Waals surface area contributed by atoms with E-state index in [1.165, 1.54) is 0 Å². The summed E-state index contributed by atoms with van der Waals surface area (Å²) in [6, 6.07) is 0. The van der Waals surface area contributed by atoms with Crippen molar-refractivity contribution in [1.82, 2.24) is 0 Å². The zero-order valence-corrected chi connectivity index (χ0v) is 9.67. The van der Waals surface area contributed by atoms with E-state index in [9.17, 15) is 0 Å². The number of hydrogen-bond donors (Lipinski definition) is 0. The van der Waals surface area contributed by atoms with Gasteiger partial charge in [0.1, 0.15) is 6.29 Å². The summed E-state index contributed by atoms with van der Waals surface area (Å²) in [4.78, 5) is 0. The first-order chi connectivity index (χ1) is 3.85. The molecule has 0 atom stereocenters. The predicted octanol–water partition coefficient (Wildman–Crippen LogP) is -2.39. The maximum absolute atomic E-state index is 4.82. The molecule has 0 heterocycles. The van der Waals surface area contributed by atoms with Crippen molar-refractivity contribution in [3.63, 3.8) is 0 Å². The second-order valence-electron chi connectivity index (χ2n) is 1.40. The number of methoxy groups -OCH3 is 2. The number of nitrogens with zero attached hydrogens (tertiary/aromatic N) is 1. The molecule has 0 rings (SSSR count). The molecule has 0 aliphatic heterocycles. The minimum absolute atomic E-state index is 0. The minimum Gasteiger partial charge on any atom is -0.661 e. The van der Waals surface area contributed by atoms with E-state index >= 15 is 0 Å². The van der Waals surface area contributed by atoms with Crippen LogP contribution in [0.3, 0.4) is 0 Å². The summed E-state index contributed by atoms with van der Waals surface area (Å²) in [5.41, 5.74) is 0. The molecule has 0 radical (unpaired) electrons. The van der Waals surface area contributed by atoms with Gasteiger partial charge in [-0.2, -0.15) is 7.05 Å². The zero-order valence-electron chi connectivity index (χ0n) is 6.55.